The second-order valence-corrected chi connectivity index (χ2v) is 6.68. The Morgan fingerprint density at radius 1 is 1.33 bits per heavy atom. The van der Waals surface area contributed by atoms with Crippen molar-refractivity contribution in [3.05, 3.63) is 50.8 Å². The molecule has 9 heteroatoms. The van der Waals surface area contributed by atoms with E-state index >= 15 is 0 Å². The molecule has 2 aromatic heterocycles. The van der Waals surface area contributed by atoms with Crippen molar-refractivity contribution in [1.29, 1.82) is 0 Å². The molecule has 2 heterocycles. The molecule has 0 saturated heterocycles. The van der Waals surface area contributed by atoms with Gasteiger partial charge < -0.3 is 19.1 Å². The van der Waals surface area contributed by atoms with Crippen LogP contribution in [0, 0.1) is 6.92 Å². The maximum absolute atomic E-state index is 12.3. The van der Waals surface area contributed by atoms with Crippen molar-refractivity contribution in [2.45, 2.75) is 6.92 Å². The van der Waals surface area contributed by atoms with Crippen molar-refractivity contribution in [1.82, 2.24) is 4.57 Å². The molecular weight excluding hydrogens is 372 g/mol. The van der Waals surface area contributed by atoms with E-state index in [1.165, 1.54) is 48.3 Å². The Kier molecular flexibility index (Phi) is 6.91. The number of nitrogens with one attached hydrogen (secondary N) is 1. The van der Waals surface area contributed by atoms with Gasteiger partial charge in [0.05, 0.1) is 11.6 Å². The van der Waals surface area contributed by atoms with Gasteiger partial charge in [-0.05, 0) is 31.2 Å². The number of rotatable bonds is 7. The minimum atomic E-state index is -0.603. The fourth-order valence-corrected chi connectivity index (χ4v) is 2.94. The van der Waals surface area contributed by atoms with Crippen molar-refractivity contribution in [2.24, 2.45) is 7.05 Å². The number of nitrogens with zero attached hydrogens (tertiary/aromatic N) is 1. The zero-order valence-corrected chi connectivity index (χ0v) is 16.0. The van der Waals surface area contributed by atoms with Crippen LogP contribution in [0.3, 0.4) is 0 Å². The molecule has 0 unspecified atom stereocenters. The fourth-order valence-electron chi connectivity index (χ4n) is 2.14. The predicted molar refractivity (Wildman–Crippen MR) is 103 cm³/mol. The molecule has 0 fully saturated rings. The van der Waals surface area contributed by atoms with Crippen LogP contribution in [-0.2, 0) is 16.5 Å². The van der Waals surface area contributed by atoms with E-state index in [0.29, 0.717) is 22.2 Å². The molecule has 2 aromatic rings. The van der Waals surface area contributed by atoms with Gasteiger partial charge in [0.15, 0.2) is 5.78 Å². The number of hydrogen-bond donors (Lipinski definition) is 2. The van der Waals surface area contributed by atoms with E-state index < -0.39 is 17.4 Å². The average Bonchev–Trinajstić information content (AvgIpc) is 3.05. The topological polar surface area (TPSA) is 107 Å². The maximum Gasteiger partial charge on any atom is 0.412 e. The Bertz CT molecular complexity index is 928. The van der Waals surface area contributed by atoms with E-state index in [2.05, 4.69) is 5.32 Å². The van der Waals surface area contributed by atoms with E-state index in [-0.39, 0.29) is 17.9 Å². The highest BCUT2D eigenvalue weighted by atomic mass is 32.1. The molecule has 0 aromatic carbocycles. The lowest BCUT2D eigenvalue weighted by molar-refractivity contribution is 0.104. The molecule has 0 saturated carbocycles. The molecule has 1 amide bonds. The normalized spacial score (nSPS) is 10.9. The van der Waals surface area contributed by atoms with Crippen LogP contribution in [0.1, 0.15) is 20.9 Å². The lowest BCUT2D eigenvalue weighted by Crippen LogP contribution is -2.25. The number of hydrogen-bond acceptors (Lipinski definition) is 7. The number of allylic oxidation sites excluding steroid dienone is 1. The van der Waals surface area contributed by atoms with Gasteiger partial charge in [0.2, 0.25) is 0 Å². The largest absolute Gasteiger partial charge is 0.507 e. The molecule has 27 heavy (non-hydrogen) atoms. The highest BCUT2D eigenvalue weighted by Gasteiger charge is 2.16. The van der Waals surface area contributed by atoms with Gasteiger partial charge in [-0.25, -0.2) is 4.79 Å². The van der Waals surface area contributed by atoms with E-state index in [1.54, 1.807) is 19.1 Å². The van der Waals surface area contributed by atoms with Gasteiger partial charge in [-0.3, -0.25) is 14.9 Å². The van der Waals surface area contributed by atoms with Crippen LogP contribution in [-0.4, -0.2) is 41.9 Å². The third-order valence-corrected chi connectivity index (χ3v) is 4.63. The number of pyridine rings is 1. The molecule has 8 nitrogen and oxygen atoms in total. The number of ether oxygens (including phenoxy) is 2. The molecule has 144 valence electrons. The van der Waals surface area contributed by atoms with E-state index in [1.807, 2.05) is 0 Å². The molecule has 2 rings (SSSR count). The maximum atomic E-state index is 12.3. The lowest BCUT2D eigenvalue weighted by Gasteiger charge is -2.07. The van der Waals surface area contributed by atoms with Crippen molar-refractivity contribution in [2.75, 3.05) is 25.6 Å². The first-order valence-electron chi connectivity index (χ1n) is 7.98. The molecule has 0 bridgehead atoms. The van der Waals surface area contributed by atoms with Crippen LogP contribution in [0.25, 0.3) is 6.08 Å². The number of anilines is 1. The number of aromatic nitrogens is 1. The third-order valence-electron chi connectivity index (χ3n) is 3.67. The van der Waals surface area contributed by atoms with Crippen LogP contribution >= 0.6 is 11.3 Å². The van der Waals surface area contributed by atoms with E-state index in [0.717, 1.165) is 0 Å². The second-order valence-electron chi connectivity index (χ2n) is 5.56. The van der Waals surface area contributed by atoms with Gasteiger partial charge in [-0.15, -0.1) is 11.3 Å². The summed E-state index contributed by atoms with van der Waals surface area (Å²) >= 11 is 1.22. The minimum Gasteiger partial charge on any atom is -0.507 e. The molecule has 0 aliphatic rings. The second kappa shape index (κ2) is 9.15. The monoisotopic (exact) mass is 392 g/mol. The van der Waals surface area contributed by atoms with Crippen LogP contribution in [0.2, 0.25) is 0 Å². The summed E-state index contributed by atoms with van der Waals surface area (Å²) < 4.78 is 11.0. The Labute approximate surface area is 159 Å². The molecule has 0 radical (unpaired) electrons. The number of carbonyl (C=O) groups is 2. The Morgan fingerprint density at radius 3 is 2.78 bits per heavy atom. The Balaban J connectivity index is 2.06. The summed E-state index contributed by atoms with van der Waals surface area (Å²) in [6.07, 6.45) is 2.11. The molecule has 2 N–H and O–H groups in total. The van der Waals surface area contributed by atoms with Gasteiger partial charge in [0.1, 0.15) is 17.9 Å². The van der Waals surface area contributed by atoms with Crippen molar-refractivity contribution in [3.63, 3.8) is 0 Å². The Hall–Kier alpha value is -2.91. The highest BCUT2D eigenvalue weighted by Crippen LogP contribution is 2.24. The number of methoxy groups -OCH3 is 1. The van der Waals surface area contributed by atoms with Gasteiger partial charge in [0.25, 0.3) is 5.56 Å². The first-order chi connectivity index (χ1) is 12.8. The quantitative estimate of drug-likeness (QED) is 0.426. The van der Waals surface area contributed by atoms with Crippen LogP contribution in [0.4, 0.5) is 9.80 Å². The summed E-state index contributed by atoms with van der Waals surface area (Å²) in [5, 5.41) is 13.0. The molecular formula is C18H20N2O6S. The fraction of sp³-hybridized carbons (Fsp3) is 0.278. The number of amides is 1. The van der Waals surface area contributed by atoms with E-state index in [9.17, 15) is 19.5 Å². The summed E-state index contributed by atoms with van der Waals surface area (Å²) in [5.74, 6) is -0.951. The summed E-state index contributed by atoms with van der Waals surface area (Å²) in [5.41, 5.74) is -0.296. The zero-order chi connectivity index (χ0) is 20.0. The van der Waals surface area contributed by atoms with Gasteiger partial charge in [-0.2, -0.15) is 0 Å². The number of thiophene rings is 1. The smallest absolute Gasteiger partial charge is 0.412 e. The van der Waals surface area contributed by atoms with Crippen LogP contribution in [0.5, 0.6) is 5.75 Å². The van der Waals surface area contributed by atoms with Crippen LogP contribution in [0.15, 0.2) is 29.1 Å². The predicted octanol–water partition coefficient (Wildman–Crippen LogP) is 2.55. The highest BCUT2D eigenvalue weighted by molar-refractivity contribution is 7.17. The summed E-state index contributed by atoms with van der Waals surface area (Å²) in [6, 6.07) is 4.73. The summed E-state index contributed by atoms with van der Waals surface area (Å²) in [7, 11) is 3.03. The summed E-state index contributed by atoms with van der Waals surface area (Å²) in [6.45, 7) is 2.11. The van der Waals surface area contributed by atoms with Crippen molar-refractivity contribution < 1.29 is 24.2 Å². The SMILES string of the molecule is COCCOC(=O)Nc1ccc(C=CC(=O)c2c(O)cc(C)n(C)c2=O)s1. The standard InChI is InChI=1S/C18H20N2O6S/c1-11-10-14(22)16(17(23)20(11)2)13(21)6-4-12-5-7-15(27-12)19-18(24)26-9-8-25-3/h4-7,10,22H,8-9H2,1-3H3,(H,19,24). The zero-order valence-electron chi connectivity index (χ0n) is 15.1. The Morgan fingerprint density at radius 2 is 2.07 bits per heavy atom. The molecule has 0 spiro atoms. The first kappa shape index (κ1) is 20.4. The van der Waals surface area contributed by atoms with E-state index in [4.69, 9.17) is 9.47 Å². The van der Waals surface area contributed by atoms with Gasteiger partial charge in [0, 0.05) is 30.8 Å². The first-order valence-corrected chi connectivity index (χ1v) is 8.79. The minimum absolute atomic E-state index is 0.143. The lowest BCUT2D eigenvalue weighted by atomic mass is 10.1. The van der Waals surface area contributed by atoms with Gasteiger partial charge >= 0.3 is 6.09 Å². The number of aryl methyl sites for hydroxylation is 1. The average molecular weight is 392 g/mol. The van der Waals surface area contributed by atoms with Gasteiger partial charge in [-0.1, -0.05) is 0 Å². The molecule has 0 aliphatic carbocycles. The van der Waals surface area contributed by atoms with Crippen LogP contribution < -0.4 is 10.9 Å². The van der Waals surface area contributed by atoms with Crippen molar-refractivity contribution >= 4 is 34.3 Å². The number of aromatic hydroxyl groups is 1. The molecule has 0 atom stereocenters. The molecule has 0 aliphatic heterocycles. The number of ketones is 1. The summed E-state index contributed by atoms with van der Waals surface area (Å²) in [4.78, 5) is 36.7. The van der Waals surface area contributed by atoms with Crippen molar-refractivity contribution in [3.8, 4) is 5.75 Å². The third kappa shape index (κ3) is 5.28. The number of carbonyl (C=O) groups excluding carboxylic acids is 2.